The molecule has 4 N–H and O–H groups in total. The smallest absolute Gasteiger partial charge is 0.407 e. The fourth-order valence-electron chi connectivity index (χ4n) is 5.45. The number of nitrogens with one attached hydrogen (secondary N) is 1. The van der Waals surface area contributed by atoms with Crippen molar-refractivity contribution in [2.45, 2.75) is 50.8 Å². The Morgan fingerprint density at radius 1 is 0.761 bits per heavy atom. The third-order valence-electron chi connectivity index (χ3n) is 7.78. The minimum absolute atomic E-state index is 0.0694. The number of hydrogen-bond donors (Lipinski definition) is 3. The highest BCUT2D eigenvalue weighted by Gasteiger charge is 2.38. The highest BCUT2D eigenvalue weighted by Crippen LogP contribution is 2.33. The monoisotopic (exact) mass is 621 g/mol. The van der Waals surface area contributed by atoms with Crippen LogP contribution < -0.4 is 11.1 Å². The summed E-state index contributed by atoms with van der Waals surface area (Å²) >= 11 is 0. The van der Waals surface area contributed by atoms with Crippen LogP contribution in [-0.2, 0) is 32.1 Å². The normalized spacial score (nSPS) is 12.1. The summed E-state index contributed by atoms with van der Waals surface area (Å²) < 4.78 is 5.27. The molecule has 0 unspecified atom stereocenters. The van der Waals surface area contributed by atoms with Crippen LogP contribution in [0.15, 0.2) is 115 Å². The van der Waals surface area contributed by atoms with Crippen molar-refractivity contribution in [3.63, 3.8) is 0 Å². The van der Waals surface area contributed by atoms with Crippen LogP contribution in [0.2, 0.25) is 0 Å². The SMILES string of the molecule is C[C@H](c1ccc(CC(N)=O)cc1)N(C(=O)C(c1ccccc1)c1ccccc1)[C@H](CCCNC(=O)OCc1ccccc1)C(=O)O. The van der Waals surface area contributed by atoms with E-state index in [2.05, 4.69) is 5.32 Å². The number of rotatable bonds is 15. The van der Waals surface area contributed by atoms with E-state index in [1.165, 1.54) is 4.90 Å². The molecule has 9 nitrogen and oxygen atoms in total. The molecule has 0 spiro atoms. The molecule has 0 aliphatic carbocycles. The van der Waals surface area contributed by atoms with Crippen LogP contribution in [0.25, 0.3) is 0 Å². The van der Waals surface area contributed by atoms with E-state index in [0.717, 1.165) is 16.7 Å². The van der Waals surface area contributed by atoms with Gasteiger partial charge >= 0.3 is 12.1 Å². The van der Waals surface area contributed by atoms with Crippen LogP contribution in [-0.4, -0.2) is 46.5 Å². The van der Waals surface area contributed by atoms with Crippen LogP contribution >= 0.6 is 0 Å². The molecule has 0 radical (unpaired) electrons. The minimum atomic E-state index is -1.20. The zero-order chi connectivity index (χ0) is 32.9. The third-order valence-corrected chi connectivity index (χ3v) is 7.78. The summed E-state index contributed by atoms with van der Waals surface area (Å²) in [5.74, 6) is -2.74. The number of hydrogen-bond acceptors (Lipinski definition) is 5. The van der Waals surface area contributed by atoms with Gasteiger partial charge in [0, 0.05) is 6.54 Å². The maximum absolute atomic E-state index is 14.7. The molecule has 0 saturated carbocycles. The van der Waals surface area contributed by atoms with Crippen LogP contribution in [0.4, 0.5) is 4.79 Å². The average Bonchev–Trinajstić information content (AvgIpc) is 3.06. The summed E-state index contributed by atoms with van der Waals surface area (Å²) in [6, 6.07) is 33.1. The second-order valence-corrected chi connectivity index (χ2v) is 11.0. The highest BCUT2D eigenvalue weighted by atomic mass is 16.5. The van der Waals surface area contributed by atoms with E-state index in [1.54, 1.807) is 31.2 Å². The van der Waals surface area contributed by atoms with Crippen molar-refractivity contribution in [1.29, 1.82) is 0 Å². The topological polar surface area (TPSA) is 139 Å². The number of ether oxygens (including phenoxy) is 1. The zero-order valence-electron chi connectivity index (χ0n) is 25.8. The summed E-state index contributed by atoms with van der Waals surface area (Å²) in [5.41, 5.74) is 9.10. The van der Waals surface area contributed by atoms with Gasteiger partial charge in [0.1, 0.15) is 12.6 Å². The van der Waals surface area contributed by atoms with Crippen LogP contribution in [0, 0.1) is 0 Å². The number of nitrogens with two attached hydrogens (primary N) is 1. The zero-order valence-corrected chi connectivity index (χ0v) is 25.8. The molecule has 0 aromatic heterocycles. The van der Waals surface area contributed by atoms with Gasteiger partial charge in [0.2, 0.25) is 11.8 Å². The fourth-order valence-corrected chi connectivity index (χ4v) is 5.45. The Bertz CT molecular complexity index is 1540. The van der Waals surface area contributed by atoms with Crippen molar-refractivity contribution in [3.8, 4) is 0 Å². The molecular weight excluding hydrogens is 582 g/mol. The number of carboxylic acids is 1. The van der Waals surface area contributed by atoms with Crippen molar-refractivity contribution in [1.82, 2.24) is 10.2 Å². The predicted octanol–water partition coefficient (Wildman–Crippen LogP) is 5.60. The van der Waals surface area contributed by atoms with Crippen LogP contribution in [0.5, 0.6) is 0 Å². The standard InChI is InChI=1S/C37H39N3O6/c1-26(29-21-19-27(20-22-29)24-33(38)41)40(35(42)34(30-14-7-3-8-15-30)31-16-9-4-10-17-31)32(36(43)44)18-11-23-39-37(45)46-25-28-12-5-2-6-13-28/h2-10,12-17,19-22,26,32,34H,11,18,23-25H2,1H3,(H2,38,41)(H,39,45)(H,43,44)/t26-,32-/m1/s1. The summed E-state index contributed by atoms with van der Waals surface area (Å²) in [6.45, 7) is 2.07. The quantitative estimate of drug-likeness (QED) is 0.148. The van der Waals surface area contributed by atoms with Crippen molar-refractivity contribution in [2.75, 3.05) is 6.54 Å². The Balaban J connectivity index is 1.59. The predicted molar refractivity (Wildman–Crippen MR) is 175 cm³/mol. The Kier molecular flexibility index (Phi) is 12.1. The first-order valence-electron chi connectivity index (χ1n) is 15.2. The lowest BCUT2D eigenvalue weighted by Gasteiger charge is -2.37. The lowest BCUT2D eigenvalue weighted by atomic mass is 9.88. The van der Waals surface area contributed by atoms with Gasteiger partial charge in [0.25, 0.3) is 0 Å². The molecule has 0 saturated heterocycles. The minimum Gasteiger partial charge on any atom is -0.480 e. The molecule has 0 fully saturated rings. The van der Waals surface area contributed by atoms with Crippen molar-refractivity contribution in [3.05, 3.63) is 143 Å². The molecule has 4 aromatic rings. The Labute approximate surface area is 269 Å². The molecule has 4 aromatic carbocycles. The number of carbonyl (C=O) groups is 4. The van der Waals surface area contributed by atoms with Crippen LogP contribution in [0.3, 0.4) is 0 Å². The molecule has 2 atom stereocenters. The van der Waals surface area contributed by atoms with Gasteiger partial charge < -0.3 is 25.8 Å². The fraction of sp³-hybridized carbons (Fsp3) is 0.243. The molecule has 238 valence electrons. The lowest BCUT2D eigenvalue weighted by molar-refractivity contribution is -0.153. The van der Waals surface area contributed by atoms with E-state index in [1.807, 2.05) is 91.0 Å². The molecule has 9 heteroatoms. The van der Waals surface area contributed by atoms with Gasteiger partial charge in [-0.25, -0.2) is 9.59 Å². The molecule has 0 bridgehead atoms. The van der Waals surface area contributed by atoms with E-state index >= 15 is 0 Å². The number of alkyl carbamates (subject to hydrolysis) is 1. The Hall–Kier alpha value is -5.44. The summed E-state index contributed by atoms with van der Waals surface area (Å²) in [7, 11) is 0. The van der Waals surface area contributed by atoms with Crippen molar-refractivity contribution >= 4 is 23.9 Å². The Morgan fingerprint density at radius 2 is 1.30 bits per heavy atom. The first-order valence-corrected chi connectivity index (χ1v) is 15.2. The van der Waals surface area contributed by atoms with E-state index < -0.39 is 36.0 Å². The van der Waals surface area contributed by atoms with Gasteiger partial charge in [0.05, 0.1) is 18.4 Å². The van der Waals surface area contributed by atoms with Gasteiger partial charge in [0.15, 0.2) is 0 Å². The van der Waals surface area contributed by atoms with Gasteiger partial charge in [-0.15, -0.1) is 0 Å². The molecule has 3 amide bonds. The van der Waals surface area contributed by atoms with Crippen molar-refractivity contribution in [2.24, 2.45) is 5.73 Å². The Morgan fingerprint density at radius 3 is 1.83 bits per heavy atom. The molecule has 0 aliphatic heterocycles. The van der Waals surface area contributed by atoms with Crippen LogP contribution in [0.1, 0.15) is 59.5 Å². The first kappa shape index (κ1) is 33.5. The maximum Gasteiger partial charge on any atom is 0.407 e. The van der Waals surface area contributed by atoms with E-state index in [4.69, 9.17) is 10.5 Å². The number of carboxylic acid groups (broad SMARTS) is 1. The number of nitrogens with zero attached hydrogens (tertiary/aromatic N) is 1. The lowest BCUT2D eigenvalue weighted by Crippen LogP contribution is -2.48. The largest absolute Gasteiger partial charge is 0.480 e. The van der Waals surface area contributed by atoms with Gasteiger partial charge in [-0.1, -0.05) is 115 Å². The number of aliphatic carboxylic acids is 1. The third kappa shape index (κ3) is 9.28. The number of amides is 3. The van der Waals surface area contributed by atoms with Crippen molar-refractivity contribution < 1.29 is 29.0 Å². The summed E-state index contributed by atoms with van der Waals surface area (Å²) in [4.78, 5) is 52.7. The van der Waals surface area contributed by atoms with E-state index in [0.29, 0.717) is 11.1 Å². The average molecular weight is 622 g/mol. The summed E-state index contributed by atoms with van der Waals surface area (Å²) in [6.07, 6.45) is -0.172. The van der Waals surface area contributed by atoms with E-state index in [9.17, 15) is 24.3 Å². The van der Waals surface area contributed by atoms with Gasteiger partial charge in [-0.2, -0.15) is 0 Å². The number of primary amides is 1. The summed E-state index contributed by atoms with van der Waals surface area (Å²) in [5, 5.41) is 13.2. The molecule has 46 heavy (non-hydrogen) atoms. The second-order valence-electron chi connectivity index (χ2n) is 11.0. The molecule has 4 rings (SSSR count). The highest BCUT2D eigenvalue weighted by molar-refractivity contribution is 5.91. The van der Waals surface area contributed by atoms with Gasteiger partial charge in [-0.3, -0.25) is 9.59 Å². The maximum atomic E-state index is 14.7. The number of carbonyl (C=O) groups excluding carboxylic acids is 3. The second kappa shape index (κ2) is 16.6. The van der Waals surface area contributed by atoms with E-state index in [-0.39, 0.29) is 38.3 Å². The van der Waals surface area contributed by atoms with Gasteiger partial charge in [-0.05, 0) is 47.6 Å². The number of benzene rings is 4. The molecule has 0 heterocycles. The molecular formula is C37H39N3O6. The first-order chi connectivity index (χ1) is 22.2. The molecule has 0 aliphatic rings.